The molecule has 0 saturated heterocycles. The van der Waals surface area contributed by atoms with Crippen LogP contribution in [-0.2, 0) is 30.5 Å². The predicted molar refractivity (Wildman–Crippen MR) is 198 cm³/mol. The van der Waals surface area contributed by atoms with Crippen LogP contribution in [0, 0.1) is 17.0 Å². The molecule has 2 aromatic carbocycles. The number of benzene rings is 2. The van der Waals surface area contributed by atoms with Gasteiger partial charge >= 0.3 is 11.9 Å². The van der Waals surface area contributed by atoms with Crippen molar-refractivity contribution in [2.24, 2.45) is 16.9 Å². The predicted octanol–water partition coefficient (Wildman–Crippen LogP) is 3.36. The van der Waals surface area contributed by atoms with Gasteiger partial charge in [-0.15, -0.1) is 11.8 Å². The van der Waals surface area contributed by atoms with Crippen molar-refractivity contribution < 1.29 is 43.0 Å². The molecule has 0 spiro atoms. The first-order valence-corrected chi connectivity index (χ1v) is 18.0. The molecule has 1 aromatic heterocycles. The highest BCUT2D eigenvalue weighted by atomic mass is 32.2. The second kappa shape index (κ2) is 19.3. The number of nitrogens with two attached hydrogens (primary N) is 2. The third-order valence-electron chi connectivity index (χ3n) is 8.37. The Labute approximate surface area is 311 Å². The normalized spacial score (nSPS) is 13.7. The molecule has 53 heavy (non-hydrogen) atoms. The molecule has 1 heterocycles. The van der Waals surface area contributed by atoms with Crippen molar-refractivity contribution in [2.45, 2.75) is 70.5 Å². The number of halogens is 2. The summed E-state index contributed by atoms with van der Waals surface area (Å²) >= 11 is 0.808. The van der Waals surface area contributed by atoms with E-state index in [9.17, 15) is 32.8 Å². The fourth-order valence-electron chi connectivity index (χ4n) is 5.78. The quantitative estimate of drug-likeness (QED) is 0.0983. The summed E-state index contributed by atoms with van der Waals surface area (Å²) < 4.78 is 31.2. The maximum absolute atomic E-state index is 15.0. The van der Waals surface area contributed by atoms with E-state index in [-0.39, 0.29) is 43.3 Å². The van der Waals surface area contributed by atoms with Crippen LogP contribution in [0.5, 0.6) is 0 Å². The fourth-order valence-corrected chi connectivity index (χ4v) is 6.86. The number of carbonyl (C=O) groups is 5. The Bertz CT molecular complexity index is 1750. The highest BCUT2D eigenvalue weighted by Gasteiger charge is 2.36. The summed E-state index contributed by atoms with van der Waals surface area (Å²) in [5, 5.41) is 22.2. The summed E-state index contributed by atoms with van der Waals surface area (Å²) in [6.07, 6.45) is 1.25. The van der Waals surface area contributed by atoms with Gasteiger partial charge in [0.05, 0.1) is 23.8 Å². The van der Waals surface area contributed by atoms with Gasteiger partial charge in [0, 0.05) is 61.9 Å². The maximum Gasteiger partial charge on any atom is 0.321 e. The second-order valence-electron chi connectivity index (χ2n) is 13.7. The first kappa shape index (κ1) is 42.6. The van der Waals surface area contributed by atoms with Crippen molar-refractivity contribution in [1.82, 2.24) is 20.1 Å². The van der Waals surface area contributed by atoms with Gasteiger partial charge in [0.15, 0.2) is 0 Å². The van der Waals surface area contributed by atoms with Gasteiger partial charge in [-0.2, -0.15) is 0 Å². The number of carboxylic acid groups (broad SMARTS) is 2. The third kappa shape index (κ3) is 12.7. The van der Waals surface area contributed by atoms with Gasteiger partial charge in [-0.25, -0.2) is 8.78 Å². The number of nitrogens with one attached hydrogen (secondary N) is 2. The number of amides is 3. The number of thioether (sulfide) groups is 1. The molecule has 0 aliphatic rings. The van der Waals surface area contributed by atoms with E-state index in [1.165, 1.54) is 6.92 Å². The van der Waals surface area contributed by atoms with Gasteiger partial charge in [-0.05, 0) is 41.7 Å². The molecule has 0 aliphatic heterocycles. The maximum atomic E-state index is 15.0. The average molecular weight is 759 g/mol. The monoisotopic (exact) mass is 758 g/mol. The molecule has 13 nitrogen and oxygen atoms in total. The number of aliphatic carboxylic acids is 2. The molecule has 3 rings (SSSR count). The lowest BCUT2D eigenvalue weighted by atomic mass is 9.82. The van der Waals surface area contributed by atoms with Crippen molar-refractivity contribution in [3.63, 3.8) is 0 Å². The van der Waals surface area contributed by atoms with E-state index >= 15 is 0 Å². The van der Waals surface area contributed by atoms with Crippen LogP contribution in [0.2, 0.25) is 0 Å². The summed E-state index contributed by atoms with van der Waals surface area (Å²) in [5.74, 6) is -5.38. The van der Waals surface area contributed by atoms with Crippen molar-refractivity contribution >= 4 is 41.4 Å². The molecule has 0 saturated carbocycles. The van der Waals surface area contributed by atoms with Crippen molar-refractivity contribution in [3.05, 3.63) is 83.7 Å². The minimum atomic E-state index is -1.28. The van der Waals surface area contributed by atoms with Gasteiger partial charge in [0.25, 0.3) is 0 Å². The molecule has 0 radical (unpaired) electrons. The SMILES string of the molecule is CC(=O)N(CC[C@H](N)C(=O)NCCNC(=O)C(CC(=O)O)SC[C@H](N)C(=O)O)[C@@H](c1cc(-c2cc(F)ccc2F)cn1Cc1ccccc1)C(C)(C)C. The smallest absolute Gasteiger partial charge is 0.321 e. The lowest BCUT2D eigenvalue weighted by Gasteiger charge is -2.41. The van der Waals surface area contributed by atoms with Crippen molar-refractivity contribution in [3.8, 4) is 11.1 Å². The van der Waals surface area contributed by atoms with E-state index in [1.807, 2.05) is 55.7 Å². The summed E-state index contributed by atoms with van der Waals surface area (Å²) in [6, 6.07) is 11.7. The molecule has 0 fully saturated rings. The van der Waals surface area contributed by atoms with E-state index < -0.39 is 70.6 Å². The van der Waals surface area contributed by atoms with Crippen molar-refractivity contribution in [1.29, 1.82) is 0 Å². The van der Waals surface area contributed by atoms with Crippen LogP contribution in [0.15, 0.2) is 60.8 Å². The number of hydrogen-bond acceptors (Lipinski definition) is 8. The number of rotatable bonds is 19. The molecule has 288 valence electrons. The zero-order chi connectivity index (χ0) is 39.5. The summed E-state index contributed by atoms with van der Waals surface area (Å²) in [5.41, 5.74) is 13.3. The Balaban J connectivity index is 1.74. The fraction of sp³-hybridized carbons (Fsp3) is 0.432. The number of hydrogen-bond donors (Lipinski definition) is 6. The zero-order valence-corrected chi connectivity index (χ0v) is 31.0. The van der Waals surface area contributed by atoms with Crippen LogP contribution in [0.3, 0.4) is 0 Å². The summed E-state index contributed by atoms with van der Waals surface area (Å²) in [7, 11) is 0. The third-order valence-corrected chi connectivity index (χ3v) is 9.70. The Morgan fingerprint density at radius 3 is 2.15 bits per heavy atom. The molecule has 3 amide bonds. The molecule has 8 N–H and O–H groups in total. The zero-order valence-electron chi connectivity index (χ0n) is 30.2. The van der Waals surface area contributed by atoms with Crippen LogP contribution < -0.4 is 22.1 Å². The van der Waals surface area contributed by atoms with Crippen LogP contribution in [0.1, 0.15) is 57.8 Å². The van der Waals surface area contributed by atoms with E-state index in [1.54, 1.807) is 17.2 Å². The Kier molecular flexibility index (Phi) is 15.5. The largest absolute Gasteiger partial charge is 0.481 e. The first-order chi connectivity index (χ1) is 24.9. The van der Waals surface area contributed by atoms with Crippen LogP contribution in [0.4, 0.5) is 8.78 Å². The second-order valence-corrected chi connectivity index (χ2v) is 14.9. The minimum absolute atomic E-state index is 0.0369. The Morgan fingerprint density at radius 1 is 0.925 bits per heavy atom. The standard InChI is InChI=1S/C37H48F2N6O7S/c1-22(46)45(15-12-28(40)34(49)42-13-14-43-35(50)31(18-32(47)48)53-21-29(41)36(51)52)33(37(2,3)4)30-16-24(26-17-25(38)10-11-27(26)39)20-44(30)19-23-8-6-5-7-9-23/h5-11,16-17,20,28-29,31,33H,12-15,18-19,21,40-41H2,1-4H3,(H,42,49)(H,43,50)(H,47,48)(H,51,52)/t28-,29-,31?,33-/m0/s1. The molecular weight excluding hydrogens is 711 g/mol. The topological polar surface area (TPSA) is 210 Å². The van der Waals surface area contributed by atoms with E-state index in [4.69, 9.17) is 21.7 Å². The molecule has 1 unspecified atom stereocenters. The average Bonchev–Trinajstić information content (AvgIpc) is 3.48. The van der Waals surface area contributed by atoms with Crippen LogP contribution in [0.25, 0.3) is 11.1 Å². The van der Waals surface area contributed by atoms with Gasteiger partial charge in [-0.1, -0.05) is 51.1 Å². The number of carbonyl (C=O) groups excluding carboxylic acids is 3. The highest BCUT2D eigenvalue weighted by molar-refractivity contribution is 8.00. The van der Waals surface area contributed by atoms with E-state index in [2.05, 4.69) is 10.6 Å². The molecule has 0 bridgehead atoms. The molecule has 0 aliphatic carbocycles. The van der Waals surface area contributed by atoms with Crippen LogP contribution >= 0.6 is 11.8 Å². The van der Waals surface area contributed by atoms with Crippen molar-refractivity contribution in [2.75, 3.05) is 25.4 Å². The summed E-state index contributed by atoms with van der Waals surface area (Å²) in [6.45, 7) is 7.65. The van der Waals surface area contributed by atoms with Gasteiger partial charge in [0.2, 0.25) is 17.7 Å². The van der Waals surface area contributed by atoms with E-state index in [0.29, 0.717) is 17.8 Å². The number of carboxylic acids is 2. The first-order valence-electron chi connectivity index (χ1n) is 17.0. The highest BCUT2D eigenvalue weighted by Crippen LogP contribution is 2.41. The number of aromatic nitrogens is 1. The Morgan fingerprint density at radius 2 is 1.57 bits per heavy atom. The molecule has 4 atom stereocenters. The molecule has 16 heteroatoms. The van der Waals surface area contributed by atoms with Gasteiger partial charge in [0.1, 0.15) is 17.7 Å². The Hall–Kier alpha value is -4.80. The molecular formula is C37H48F2N6O7S. The minimum Gasteiger partial charge on any atom is -0.481 e. The van der Waals surface area contributed by atoms with Gasteiger partial charge < -0.3 is 41.8 Å². The number of nitrogens with zero attached hydrogens (tertiary/aromatic N) is 2. The van der Waals surface area contributed by atoms with Crippen LogP contribution in [-0.4, -0.2) is 92.1 Å². The summed E-state index contributed by atoms with van der Waals surface area (Å²) in [4.78, 5) is 62.6. The van der Waals surface area contributed by atoms with E-state index in [0.717, 1.165) is 35.5 Å². The lowest BCUT2D eigenvalue weighted by molar-refractivity contribution is -0.138. The van der Waals surface area contributed by atoms with Gasteiger partial charge in [-0.3, -0.25) is 24.0 Å². The molecule has 3 aromatic rings. The lowest BCUT2D eigenvalue weighted by Crippen LogP contribution is -2.47.